The van der Waals surface area contributed by atoms with Gasteiger partial charge in [-0.05, 0) is 13.8 Å². The second-order valence-corrected chi connectivity index (χ2v) is 4.45. The molecule has 0 unspecified atom stereocenters. The van der Waals surface area contributed by atoms with Crippen LogP contribution in [-0.4, -0.2) is 30.8 Å². The van der Waals surface area contributed by atoms with Gasteiger partial charge in [-0.1, -0.05) is 11.6 Å². The van der Waals surface area contributed by atoms with Crippen molar-refractivity contribution in [2.45, 2.75) is 13.8 Å². The third-order valence-electron chi connectivity index (χ3n) is 2.72. The van der Waals surface area contributed by atoms with Crippen LogP contribution >= 0.6 is 11.6 Å². The summed E-state index contributed by atoms with van der Waals surface area (Å²) in [5, 5.41) is 24.2. The van der Waals surface area contributed by atoms with E-state index in [2.05, 4.69) is 10.1 Å². The Morgan fingerprint density at radius 1 is 1.50 bits per heavy atom. The number of carbonyl (C=O) groups is 1. The molecule has 2 rings (SSSR count). The van der Waals surface area contributed by atoms with Gasteiger partial charge in [0.15, 0.2) is 0 Å². The topological polar surface area (TPSA) is 111 Å². The van der Waals surface area contributed by atoms with E-state index < -0.39 is 10.9 Å². The zero-order chi connectivity index (χ0) is 15.0. The average Bonchev–Trinajstić information content (AvgIpc) is 2.64. The third-order valence-corrected chi connectivity index (χ3v) is 2.92. The lowest BCUT2D eigenvalue weighted by Crippen LogP contribution is -2.07. The van der Waals surface area contributed by atoms with Crippen molar-refractivity contribution in [1.82, 2.24) is 14.8 Å². The standard InChI is InChI=1S/C11H9ClN4O4/c1-5-9(11(17)18)6(2)15(14-5)10-8(16(19)20)3-7(12)4-13-10/h3-4H,1-2H3,(H,17,18). The van der Waals surface area contributed by atoms with Gasteiger partial charge in [0.1, 0.15) is 5.56 Å². The first kappa shape index (κ1) is 13.9. The summed E-state index contributed by atoms with van der Waals surface area (Å²) in [7, 11) is 0. The number of aromatic carboxylic acids is 1. The highest BCUT2D eigenvalue weighted by atomic mass is 35.5. The van der Waals surface area contributed by atoms with Gasteiger partial charge in [0.2, 0.25) is 5.82 Å². The van der Waals surface area contributed by atoms with Crippen molar-refractivity contribution < 1.29 is 14.8 Å². The maximum absolute atomic E-state index is 11.1. The van der Waals surface area contributed by atoms with Gasteiger partial charge in [-0.25, -0.2) is 14.5 Å². The van der Waals surface area contributed by atoms with Gasteiger partial charge in [0.25, 0.3) is 0 Å². The summed E-state index contributed by atoms with van der Waals surface area (Å²) in [6.07, 6.45) is 1.24. The van der Waals surface area contributed by atoms with Crippen molar-refractivity contribution in [2.75, 3.05) is 0 Å². The molecule has 0 aliphatic carbocycles. The van der Waals surface area contributed by atoms with Gasteiger partial charge < -0.3 is 5.11 Å². The first-order chi connectivity index (χ1) is 9.32. The minimum absolute atomic E-state index is 0.00366. The molecule has 0 aliphatic rings. The molecule has 2 heterocycles. The zero-order valence-electron chi connectivity index (χ0n) is 10.5. The largest absolute Gasteiger partial charge is 0.478 e. The molecule has 0 bridgehead atoms. The Kier molecular flexibility index (Phi) is 3.41. The number of nitro groups is 1. The number of hydrogen-bond acceptors (Lipinski definition) is 5. The molecule has 0 amide bonds. The molecule has 2 aromatic heterocycles. The molecular weight excluding hydrogens is 288 g/mol. The molecular formula is C11H9ClN4O4. The van der Waals surface area contributed by atoms with Gasteiger partial charge >= 0.3 is 11.7 Å². The molecule has 0 saturated carbocycles. The predicted octanol–water partition coefficient (Wildman–Crippen LogP) is 2.14. The Morgan fingerprint density at radius 3 is 2.65 bits per heavy atom. The first-order valence-electron chi connectivity index (χ1n) is 5.42. The minimum Gasteiger partial charge on any atom is -0.478 e. The van der Waals surface area contributed by atoms with Crippen molar-refractivity contribution in [3.63, 3.8) is 0 Å². The normalized spacial score (nSPS) is 10.6. The fraction of sp³-hybridized carbons (Fsp3) is 0.182. The number of rotatable bonds is 3. The van der Waals surface area contributed by atoms with Crippen LogP contribution in [0.25, 0.3) is 5.82 Å². The molecule has 0 radical (unpaired) electrons. The van der Waals surface area contributed by atoms with Crippen LogP contribution in [0.15, 0.2) is 12.3 Å². The summed E-state index contributed by atoms with van der Waals surface area (Å²) in [4.78, 5) is 25.4. The van der Waals surface area contributed by atoms with E-state index in [1.165, 1.54) is 20.0 Å². The summed E-state index contributed by atoms with van der Waals surface area (Å²) in [6, 6.07) is 1.14. The third kappa shape index (κ3) is 2.21. The average molecular weight is 297 g/mol. The molecule has 0 saturated heterocycles. The fourth-order valence-corrected chi connectivity index (χ4v) is 2.03. The number of hydrogen-bond donors (Lipinski definition) is 1. The SMILES string of the molecule is Cc1nn(-c2ncc(Cl)cc2[N+](=O)[O-])c(C)c1C(=O)O. The number of carboxylic acid groups (broad SMARTS) is 1. The van der Waals surface area contributed by atoms with Crippen LogP contribution in [0.1, 0.15) is 21.7 Å². The highest BCUT2D eigenvalue weighted by molar-refractivity contribution is 6.30. The second-order valence-electron chi connectivity index (χ2n) is 4.02. The summed E-state index contributed by atoms with van der Waals surface area (Å²) >= 11 is 5.68. The lowest BCUT2D eigenvalue weighted by atomic mass is 10.2. The van der Waals surface area contributed by atoms with Crippen LogP contribution in [-0.2, 0) is 0 Å². The number of nitrogens with zero attached hydrogens (tertiary/aromatic N) is 4. The first-order valence-corrected chi connectivity index (χ1v) is 5.80. The van der Waals surface area contributed by atoms with Crippen LogP contribution < -0.4 is 0 Å². The zero-order valence-corrected chi connectivity index (χ0v) is 11.2. The van der Waals surface area contributed by atoms with Crippen molar-refractivity contribution in [1.29, 1.82) is 0 Å². The Bertz CT molecular complexity index is 725. The molecule has 0 spiro atoms. The highest BCUT2D eigenvalue weighted by Gasteiger charge is 2.24. The molecule has 1 N–H and O–H groups in total. The molecule has 104 valence electrons. The molecule has 0 atom stereocenters. The van der Waals surface area contributed by atoms with Gasteiger partial charge in [-0.3, -0.25) is 10.1 Å². The van der Waals surface area contributed by atoms with Crippen molar-refractivity contribution >= 4 is 23.3 Å². The Balaban J connectivity index is 2.73. The smallest absolute Gasteiger partial charge is 0.339 e. The van der Waals surface area contributed by atoms with Gasteiger partial charge in [0.05, 0.1) is 21.3 Å². The summed E-state index contributed by atoms with van der Waals surface area (Å²) in [5.74, 6) is -1.23. The van der Waals surface area contributed by atoms with Crippen LogP contribution in [0, 0.1) is 24.0 Å². The van der Waals surface area contributed by atoms with E-state index in [1.54, 1.807) is 0 Å². The molecule has 20 heavy (non-hydrogen) atoms. The predicted molar refractivity (Wildman–Crippen MR) is 69.5 cm³/mol. The lowest BCUT2D eigenvalue weighted by Gasteiger charge is -2.04. The molecule has 2 aromatic rings. The van der Waals surface area contributed by atoms with E-state index in [9.17, 15) is 14.9 Å². The highest BCUT2D eigenvalue weighted by Crippen LogP contribution is 2.26. The molecule has 0 aliphatic heterocycles. The number of aryl methyl sites for hydroxylation is 1. The maximum atomic E-state index is 11.1. The van der Waals surface area contributed by atoms with E-state index in [1.807, 2.05) is 0 Å². The summed E-state index contributed by atoms with van der Waals surface area (Å²) < 4.78 is 1.13. The fourth-order valence-electron chi connectivity index (χ4n) is 1.88. The monoisotopic (exact) mass is 296 g/mol. The van der Waals surface area contributed by atoms with Crippen LogP contribution in [0.2, 0.25) is 5.02 Å². The Morgan fingerprint density at radius 2 is 2.15 bits per heavy atom. The molecule has 0 fully saturated rings. The van der Waals surface area contributed by atoms with Gasteiger partial charge in [0, 0.05) is 12.3 Å². The lowest BCUT2D eigenvalue weighted by molar-refractivity contribution is -0.384. The minimum atomic E-state index is -1.15. The quantitative estimate of drug-likeness (QED) is 0.686. The number of halogens is 1. The Hall–Kier alpha value is -2.48. The Labute approximate surface area is 117 Å². The van der Waals surface area contributed by atoms with Gasteiger partial charge in [-0.15, -0.1) is 0 Å². The maximum Gasteiger partial charge on any atom is 0.339 e. The molecule has 8 nitrogen and oxygen atoms in total. The van der Waals surface area contributed by atoms with Crippen molar-refractivity contribution in [3.8, 4) is 5.82 Å². The number of pyridine rings is 1. The van der Waals surface area contributed by atoms with E-state index in [-0.39, 0.29) is 33.5 Å². The second kappa shape index (κ2) is 4.89. The van der Waals surface area contributed by atoms with Gasteiger partial charge in [-0.2, -0.15) is 5.10 Å². The van der Waals surface area contributed by atoms with Crippen LogP contribution in [0.3, 0.4) is 0 Å². The van der Waals surface area contributed by atoms with E-state index >= 15 is 0 Å². The summed E-state index contributed by atoms with van der Waals surface area (Å²) in [5.41, 5.74) is 0.157. The van der Waals surface area contributed by atoms with E-state index in [0.29, 0.717) is 0 Å². The molecule has 0 aromatic carbocycles. The molecule has 9 heteroatoms. The van der Waals surface area contributed by atoms with E-state index in [4.69, 9.17) is 16.7 Å². The number of aromatic nitrogens is 3. The van der Waals surface area contributed by atoms with Crippen molar-refractivity contribution in [3.05, 3.63) is 44.4 Å². The van der Waals surface area contributed by atoms with Crippen molar-refractivity contribution in [2.24, 2.45) is 0 Å². The van der Waals surface area contributed by atoms with Crippen LogP contribution in [0.4, 0.5) is 5.69 Å². The number of carboxylic acids is 1. The van der Waals surface area contributed by atoms with E-state index in [0.717, 1.165) is 10.7 Å². The van der Waals surface area contributed by atoms with Crippen LogP contribution in [0.5, 0.6) is 0 Å². The summed E-state index contributed by atoms with van der Waals surface area (Å²) in [6.45, 7) is 3.01.